The molecule has 0 radical (unpaired) electrons. The highest BCUT2D eigenvalue weighted by Gasteiger charge is 2.27. The van der Waals surface area contributed by atoms with Crippen LogP contribution in [0.2, 0.25) is 0 Å². The maximum atomic E-state index is 12.5. The normalized spacial score (nSPS) is 17.0. The first-order chi connectivity index (χ1) is 12.2. The summed E-state index contributed by atoms with van der Waals surface area (Å²) in [6.45, 7) is 3.43. The summed E-state index contributed by atoms with van der Waals surface area (Å²) in [6.07, 6.45) is 2.58. The summed E-state index contributed by atoms with van der Waals surface area (Å²) in [6, 6.07) is 15.9. The monoisotopic (exact) mass is 332 g/mol. The van der Waals surface area contributed by atoms with Gasteiger partial charge >= 0.3 is 0 Å². The van der Waals surface area contributed by atoms with E-state index in [4.69, 9.17) is 0 Å². The molecule has 2 aromatic heterocycles. The lowest BCUT2D eigenvalue weighted by Crippen LogP contribution is -2.32. The van der Waals surface area contributed by atoms with Crippen LogP contribution in [0.3, 0.4) is 0 Å². The second kappa shape index (κ2) is 6.51. The number of carbonyl (C=O) groups is 1. The van der Waals surface area contributed by atoms with E-state index in [1.165, 1.54) is 0 Å². The Bertz CT molecular complexity index is 910. The fourth-order valence-electron chi connectivity index (χ4n) is 3.36. The Morgan fingerprint density at radius 1 is 1.20 bits per heavy atom. The molecule has 3 heterocycles. The highest BCUT2D eigenvalue weighted by atomic mass is 16.2. The molecule has 126 valence electrons. The second-order valence-electron chi connectivity index (χ2n) is 6.42. The van der Waals surface area contributed by atoms with E-state index in [1.807, 2.05) is 42.2 Å². The summed E-state index contributed by atoms with van der Waals surface area (Å²) in [5, 5.41) is 4.72. The molecule has 1 aromatic carbocycles. The maximum absolute atomic E-state index is 12.5. The van der Waals surface area contributed by atoms with Crippen molar-refractivity contribution in [1.82, 2.24) is 14.9 Å². The number of rotatable bonds is 3. The highest BCUT2D eigenvalue weighted by Crippen LogP contribution is 2.25. The molecule has 0 aliphatic carbocycles. The number of para-hydroxylation sites is 1. The van der Waals surface area contributed by atoms with Gasteiger partial charge in [-0.15, -0.1) is 0 Å². The molecule has 4 rings (SSSR count). The van der Waals surface area contributed by atoms with Crippen LogP contribution in [0.5, 0.6) is 0 Å². The van der Waals surface area contributed by atoms with Crippen molar-refractivity contribution in [2.45, 2.75) is 19.4 Å². The zero-order chi connectivity index (χ0) is 17.2. The Balaban J connectivity index is 1.51. The van der Waals surface area contributed by atoms with Crippen molar-refractivity contribution in [3.63, 3.8) is 0 Å². The Hall–Kier alpha value is -2.95. The van der Waals surface area contributed by atoms with Gasteiger partial charge in [-0.2, -0.15) is 0 Å². The summed E-state index contributed by atoms with van der Waals surface area (Å²) in [5.41, 5.74) is 3.57. The Kier molecular flexibility index (Phi) is 4.06. The standard InChI is InChI=1S/C20H20N4O/c1-14-12-19(16-6-2-3-7-17(16)22-14)23-15-9-11-24(13-15)20(25)18-8-4-5-10-21-18/h2-8,10,12,15H,9,11,13H2,1H3,(H,22,23). The minimum absolute atomic E-state index is 0.000618. The third kappa shape index (κ3) is 3.18. The number of fused-ring (bicyclic) bond motifs is 1. The molecule has 25 heavy (non-hydrogen) atoms. The predicted molar refractivity (Wildman–Crippen MR) is 98.6 cm³/mol. The van der Waals surface area contributed by atoms with E-state index < -0.39 is 0 Å². The van der Waals surface area contributed by atoms with Crippen molar-refractivity contribution in [3.05, 3.63) is 66.1 Å². The van der Waals surface area contributed by atoms with Crippen molar-refractivity contribution >= 4 is 22.5 Å². The van der Waals surface area contributed by atoms with Crippen LogP contribution >= 0.6 is 0 Å². The summed E-state index contributed by atoms with van der Waals surface area (Å²) >= 11 is 0. The van der Waals surface area contributed by atoms with Gasteiger partial charge in [-0.1, -0.05) is 24.3 Å². The molecule has 1 unspecified atom stereocenters. The second-order valence-corrected chi connectivity index (χ2v) is 6.42. The zero-order valence-electron chi connectivity index (χ0n) is 14.1. The van der Waals surface area contributed by atoms with Crippen LogP contribution in [-0.2, 0) is 0 Å². The molecule has 1 N–H and O–H groups in total. The van der Waals surface area contributed by atoms with Crippen LogP contribution in [0.1, 0.15) is 22.6 Å². The van der Waals surface area contributed by atoms with Crippen molar-refractivity contribution in [2.75, 3.05) is 18.4 Å². The Morgan fingerprint density at radius 2 is 2.04 bits per heavy atom. The molecule has 0 bridgehead atoms. The number of anilines is 1. The van der Waals surface area contributed by atoms with Gasteiger partial charge in [0, 0.05) is 42.1 Å². The summed E-state index contributed by atoms with van der Waals surface area (Å²) < 4.78 is 0. The van der Waals surface area contributed by atoms with E-state index in [-0.39, 0.29) is 11.9 Å². The first kappa shape index (κ1) is 15.6. The zero-order valence-corrected chi connectivity index (χ0v) is 14.1. The van der Waals surface area contributed by atoms with Crippen molar-refractivity contribution in [3.8, 4) is 0 Å². The number of pyridine rings is 2. The molecule has 1 fully saturated rings. The van der Waals surface area contributed by atoms with E-state index in [1.54, 1.807) is 12.3 Å². The lowest BCUT2D eigenvalue weighted by molar-refractivity contribution is 0.0786. The molecular weight excluding hydrogens is 312 g/mol. The third-order valence-corrected chi connectivity index (χ3v) is 4.56. The molecule has 1 saturated heterocycles. The quantitative estimate of drug-likeness (QED) is 0.800. The van der Waals surface area contributed by atoms with E-state index in [2.05, 4.69) is 27.4 Å². The van der Waals surface area contributed by atoms with Gasteiger partial charge in [0.1, 0.15) is 5.69 Å². The number of benzene rings is 1. The topological polar surface area (TPSA) is 58.1 Å². The van der Waals surface area contributed by atoms with Crippen LogP contribution in [-0.4, -0.2) is 39.9 Å². The largest absolute Gasteiger partial charge is 0.380 e. The number of carbonyl (C=O) groups excluding carboxylic acids is 1. The van der Waals surface area contributed by atoms with Crippen molar-refractivity contribution < 1.29 is 4.79 Å². The van der Waals surface area contributed by atoms with Gasteiger partial charge in [-0.3, -0.25) is 14.8 Å². The minimum atomic E-state index is 0.000618. The predicted octanol–water partition coefficient (Wildman–Crippen LogP) is 3.26. The molecule has 1 atom stereocenters. The van der Waals surface area contributed by atoms with E-state index in [9.17, 15) is 4.79 Å². The summed E-state index contributed by atoms with van der Waals surface area (Å²) in [5.74, 6) is 0.000618. The SMILES string of the molecule is Cc1cc(NC2CCN(C(=O)c3ccccn3)C2)c2ccccc2n1. The van der Waals surface area contributed by atoms with Crippen LogP contribution in [0, 0.1) is 6.92 Å². The minimum Gasteiger partial charge on any atom is -0.380 e. The Morgan fingerprint density at radius 3 is 2.88 bits per heavy atom. The van der Waals surface area contributed by atoms with Gasteiger partial charge in [0.2, 0.25) is 0 Å². The fraction of sp³-hybridized carbons (Fsp3) is 0.250. The van der Waals surface area contributed by atoms with Gasteiger partial charge in [0.05, 0.1) is 5.52 Å². The highest BCUT2D eigenvalue weighted by molar-refractivity contribution is 5.93. The van der Waals surface area contributed by atoms with Crippen LogP contribution < -0.4 is 5.32 Å². The molecule has 1 amide bonds. The number of aryl methyl sites for hydroxylation is 1. The number of likely N-dealkylation sites (tertiary alicyclic amines) is 1. The van der Waals surface area contributed by atoms with E-state index >= 15 is 0 Å². The number of amides is 1. The van der Waals surface area contributed by atoms with Gasteiger partial charge < -0.3 is 10.2 Å². The molecule has 1 aliphatic rings. The molecule has 1 aliphatic heterocycles. The molecule has 5 nitrogen and oxygen atoms in total. The van der Waals surface area contributed by atoms with Crippen molar-refractivity contribution in [1.29, 1.82) is 0 Å². The first-order valence-electron chi connectivity index (χ1n) is 8.54. The number of nitrogens with zero attached hydrogens (tertiary/aromatic N) is 3. The first-order valence-corrected chi connectivity index (χ1v) is 8.54. The maximum Gasteiger partial charge on any atom is 0.272 e. The van der Waals surface area contributed by atoms with Crippen LogP contribution in [0.15, 0.2) is 54.7 Å². The lowest BCUT2D eigenvalue weighted by Gasteiger charge is -2.18. The third-order valence-electron chi connectivity index (χ3n) is 4.56. The molecule has 0 spiro atoms. The summed E-state index contributed by atoms with van der Waals surface area (Å²) in [7, 11) is 0. The Labute approximate surface area is 146 Å². The van der Waals surface area contributed by atoms with Crippen LogP contribution in [0.25, 0.3) is 10.9 Å². The summed E-state index contributed by atoms with van der Waals surface area (Å²) in [4.78, 5) is 23.2. The van der Waals surface area contributed by atoms with Gasteiger partial charge in [0.25, 0.3) is 5.91 Å². The molecule has 3 aromatic rings. The fourth-order valence-corrected chi connectivity index (χ4v) is 3.36. The number of nitrogens with one attached hydrogen (secondary N) is 1. The smallest absolute Gasteiger partial charge is 0.272 e. The molecule has 5 heteroatoms. The average Bonchev–Trinajstić information content (AvgIpc) is 3.10. The lowest BCUT2D eigenvalue weighted by atomic mass is 10.1. The van der Waals surface area contributed by atoms with Gasteiger partial charge in [-0.05, 0) is 37.6 Å². The molecular formula is C20H20N4O. The van der Waals surface area contributed by atoms with Gasteiger partial charge in [-0.25, -0.2) is 0 Å². The van der Waals surface area contributed by atoms with Crippen molar-refractivity contribution in [2.24, 2.45) is 0 Å². The number of hydrogen-bond donors (Lipinski definition) is 1. The molecule has 0 saturated carbocycles. The number of hydrogen-bond acceptors (Lipinski definition) is 4. The van der Waals surface area contributed by atoms with E-state index in [0.29, 0.717) is 12.2 Å². The number of aromatic nitrogens is 2. The average molecular weight is 332 g/mol. The van der Waals surface area contributed by atoms with Gasteiger partial charge in [0.15, 0.2) is 0 Å². The van der Waals surface area contributed by atoms with E-state index in [0.717, 1.165) is 35.2 Å². The van der Waals surface area contributed by atoms with Crippen LogP contribution in [0.4, 0.5) is 5.69 Å².